The highest BCUT2D eigenvalue weighted by Gasteiger charge is 2.09. The number of hydrazone groups is 1. The zero-order valence-corrected chi connectivity index (χ0v) is 15.2. The summed E-state index contributed by atoms with van der Waals surface area (Å²) in [6.07, 6.45) is 1.37. The fraction of sp³-hybridized carbons (Fsp3) is 0.0588. The van der Waals surface area contributed by atoms with Gasteiger partial charge in [0, 0.05) is 15.6 Å². The van der Waals surface area contributed by atoms with Crippen LogP contribution >= 0.6 is 15.9 Å². The topological polar surface area (TPSA) is 112 Å². The number of aromatic nitrogens is 3. The van der Waals surface area contributed by atoms with Crippen molar-refractivity contribution in [1.29, 1.82) is 0 Å². The second kappa shape index (κ2) is 7.79. The summed E-state index contributed by atoms with van der Waals surface area (Å²) in [5, 5.41) is 21.8. The number of hydrogen-bond donors (Lipinski definition) is 3. The Morgan fingerprint density at radius 3 is 2.73 bits per heavy atom. The Morgan fingerprint density at radius 2 is 2.04 bits per heavy atom. The number of H-pyrrole nitrogens is 1. The summed E-state index contributed by atoms with van der Waals surface area (Å²) in [5.41, 5.74) is 3.48. The van der Waals surface area contributed by atoms with Crippen LogP contribution in [0.5, 0.6) is 11.5 Å². The number of ether oxygens (including phenoxy) is 1. The van der Waals surface area contributed by atoms with Crippen LogP contribution in [0.3, 0.4) is 0 Å². The fourth-order valence-corrected chi connectivity index (χ4v) is 2.64. The van der Waals surface area contributed by atoms with Gasteiger partial charge in [-0.2, -0.15) is 5.10 Å². The monoisotopic (exact) mass is 415 g/mol. The van der Waals surface area contributed by atoms with E-state index in [4.69, 9.17) is 4.74 Å². The van der Waals surface area contributed by atoms with Gasteiger partial charge in [0.15, 0.2) is 17.2 Å². The molecule has 9 heteroatoms. The molecule has 0 fully saturated rings. The molecule has 1 aromatic heterocycles. The largest absolute Gasteiger partial charge is 0.504 e. The smallest absolute Gasteiger partial charge is 0.279 e. The van der Waals surface area contributed by atoms with Crippen molar-refractivity contribution in [2.45, 2.75) is 0 Å². The van der Waals surface area contributed by atoms with Crippen molar-refractivity contribution in [3.8, 4) is 22.8 Å². The first kappa shape index (κ1) is 17.6. The molecular formula is C17H14BrN5O3. The molecule has 2 aromatic carbocycles. The van der Waals surface area contributed by atoms with Crippen molar-refractivity contribution in [1.82, 2.24) is 15.2 Å². The molecule has 3 aromatic rings. The number of nitrogens with zero attached hydrogens (tertiary/aromatic N) is 3. The van der Waals surface area contributed by atoms with Crippen LogP contribution in [-0.4, -0.2) is 33.6 Å². The van der Waals surface area contributed by atoms with Gasteiger partial charge in [0.1, 0.15) is 0 Å². The standard InChI is InChI=1S/C17H14BrN5O3/c1-26-13-8-12(18)7-11(15(13)24)9-19-22-17-20-16(25)14(21-23-17)10-5-3-2-4-6-10/h2-9,24H,1H3,(H2,20,22,23,25)/b19-9+. The lowest BCUT2D eigenvalue weighted by atomic mass is 10.2. The first-order chi connectivity index (χ1) is 12.6. The molecule has 0 atom stereocenters. The molecule has 0 aliphatic rings. The number of nitrogens with one attached hydrogen (secondary N) is 2. The van der Waals surface area contributed by atoms with Crippen LogP contribution in [0.1, 0.15) is 5.56 Å². The van der Waals surface area contributed by atoms with E-state index in [2.05, 4.69) is 41.6 Å². The van der Waals surface area contributed by atoms with Gasteiger partial charge in [-0.3, -0.25) is 9.78 Å². The summed E-state index contributed by atoms with van der Waals surface area (Å²) in [4.78, 5) is 14.7. The minimum absolute atomic E-state index is 0.0553. The predicted octanol–water partition coefficient (Wildman–Crippen LogP) is 2.75. The second-order valence-corrected chi connectivity index (χ2v) is 6.05. The summed E-state index contributed by atoms with van der Waals surface area (Å²) < 4.78 is 5.79. The number of phenols is 1. The molecule has 0 aliphatic heterocycles. The Bertz CT molecular complexity index is 1010. The zero-order valence-electron chi connectivity index (χ0n) is 13.6. The molecule has 3 N–H and O–H groups in total. The summed E-state index contributed by atoms with van der Waals surface area (Å²) >= 11 is 3.32. The molecule has 0 saturated heterocycles. The number of methoxy groups -OCH3 is 1. The number of halogens is 1. The van der Waals surface area contributed by atoms with E-state index in [1.807, 2.05) is 18.2 Å². The maximum atomic E-state index is 12.1. The quantitative estimate of drug-likeness (QED) is 0.436. The van der Waals surface area contributed by atoms with Crippen LogP contribution in [0.4, 0.5) is 5.95 Å². The Balaban J connectivity index is 1.79. The molecule has 26 heavy (non-hydrogen) atoms. The van der Waals surface area contributed by atoms with Crippen LogP contribution in [0, 0.1) is 0 Å². The van der Waals surface area contributed by atoms with Gasteiger partial charge in [-0.25, -0.2) is 5.43 Å². The first-order valence-electron chi connectivity index (χ1n) is 7.46. The molecule has 3 rings (SSSR count). The van der Waals surface area contributed by atoms with E-state index >= 15 is 0 Å². The predicted molar refractivity (Wildman–Crippen MR) is 102 cm³/mol. The minimum atomic E-state index is -0.393. The Labute approximate surface area is 156 Å². The van der Waals surface area contributed by atoms with Crippen molar-refractivity contribution >= 4 is 28.1 Å². The third-order valence-electron chi connectivity index (χ3n) is 3.41. The summed E-state index contributed by atoms with van der Waals surface area (Å²) in [7, 11) is 1.45. The van der Waals surface area contributed by atoms with Gasteiger partial charge in [-0.1, -0.05) is 46.3 Å². The average Bonchev–Trinajstić information content (AvgIpc) is 2.65. The average molecular weight is 416 g/mol. The van der Waals surface area contributed by atoms with E-state index in [-0.39, 0.29) is 17.4 Å². The van der Waals surface area contributed by atoms with E-state index in [1.165, 1.54) is 13.3 Å². The Morgan fingerprint density at radius 1 is 1.27 bits per heavy atom. The van der Waals surface area contributed by atoms with E-state index < -0.39 is 5.56 Å². The van der Waals surface area contributed by atoms with E-state index in [0.717, 1.165) is 0 Å². The van der Waals surface area contributed by atoms with Gasteiger partial charge in [-0.05, 0) is 12.1 Å². The van der Waals surface area contributed by atoms with Crippen molar-refractivity contribution < 1.29 is 9.84 Å². The SMILES string of the molecule is COc1cc(Br)cc(/C=N/Nc2nnc(-c3ccccc3)c(=O)[nH]2)c1O. The number of rotatable bonds is 5. The number of hydrogen-bond acceptors (Lipinski definition) is 7. The minimum Gasteiger partial charge on any atom is -0.504 e. The molecule has 0 saturated carbocycles. The highest BCUT2D eigenvalue weighted by atomic mass is 79.9. The van der Waals surface area contributed by atoms with Crippen molar-refractivity contribution in [3.63, 3.8) is 0 Å². The van der Waals surface area contributed by atoms with Crippen LogP contribution in [0.2, 0.25) is 0 Å². The summed E-state index contributed by atoms with van der Waals surface area (Å²) in [6, 6.07) is 12.3. The lowest BCUT2D eigenvalue weighted by molar-refractivity contribution is 0.373. The van der Waals surface area contributed by atoms with E-state index in [9.17, 15) is 9.90 Å². The van der Waals surface area contributed by atoms with Crippen molar-refractivity contribution in [3.05, 3.63) is 62.9 Å². The fourth-order valence-electron chi connectivity index (χ4n) is 2.18. The second-order valence-electron chi connectivity index (χ2n) is 5.13. The number of anilines is 1. The summed E-state index contributed by atoms with van der Waals surface area (Å²) in [5.74, 6) is 0.328. The van der Waals surface area contributed by atoms with Crippen LogP contribution in [0.25, 0.3) is 11.3 Å². The van der Waals surface area contributed by atoms with E-state index in [1.54, 1.807) is 24.3 Å². The Hall–Kier alpha value is -3.20. The first-order valence-corrected chi connectivity index (χ1v) is 8.26. The van der Waals surface area contributed by atoms with Crippen LogP contribution in [-0.2, 0) is 0 Å². The van der Waals surface area contributed by atoms with Gasteiger partial charge in [-0.15, -0.1) is 10.2 Å². The highest BCUT2D eigenvalue weighted by Crippen LogP contribution is 2.32. The molecule has 0 amide bonds. The number of benzene rings is 2. The molecular weight excluding hydrogens is 402 g/mol. The van der Waals surface area contributed by atoms with Crippen LogP contribution in [0.15, 0.2) is 56.8 Å². The van der Waals surface area contributed by atoms with Gasteiger partial charge in [0.2, 0.25) is 5.95 Å². The molecule has 0 unspecified atom stereocenters. The normalized spacial score (nSPS) is 10.8. The molecule has 0 spiro atoms. The summed E-state index contributed by atoms with van der Waals surface area (Å²) in [6.45, 7) is 0. The molecule has 0 radical (unpaired) electrons. The zero-order chi connectivity index (χ0) is 18.5. The lowest BCUT2D eigenvalue weighted by Crippen LogP contribution is -2.15. The lowest BCUT2D eigenvalue weighted by Gasteiger charge is -2.06. The molecule has 1 heterocycles. The Kier molecular flexibility index (Phi) is 5.28. The number of phenolic OH excluding ortho intramolecular Hbond substituents is 1. The van der Waals surface area contributed by atoms with Gasteiger partial charge in [0.25, 0.3) is 5.56 Å². The maximum absolute atomic E-state index is 12.1. The number of aromatic amines is 1. The molecule has 132 valence electrons. The molecule has 8 nitrogen and oxygen atoms in total. The molecule has 0 aliphatic carbocycles. The highest BCUT2D eigenvalue weighted by molar-refractivity contribution is 9.10. The van der Waals surface area contributed by atoms with Crippen molar-refractivity contribution in [2.24, 2.45) is 5.10 Å². The van der Waals surface area contributed by atoms with Gasteiger partial charge >= 0.3 is 0 Å². The van der Waals surface area contributed by atoms with Crippen LogP contribution < -0.4 is 15.7 Å². The van der Waals surface area contributed by atoms with Crippen molar-refractivity contribution in [2.75, 3.05) is 12.5 Å². The van der Waals surface area contributed by atoms with E-state index in [0.29, 0.717) is 21.3 Å². The maximum Gasteiger partial charge on any atom is 0.279 e. The third kappa shape index (κ3) is 3.89. The third-order valence-corrected chi connectivity index (χ3v) is 3.87. The molecule has 0 bridgehead atoms. The van der Waals surface area contributed by atoms with Gasteiger partial charge in [0.05, 0.1) is 13.3 Å². The number of aromatic hydroxyl groups is 1. The van der Waals surface area contributed by atoms with Gasteiger partial charge < -0.3 is 9.84 Å².